The first-order valence-corrected chi connectivity index (χ1v) is 10.9. The molecule has 0 saturated carbocycles. The normalized spacial score (nSPS) is 15.5. The molecule has 0 spiro atoms. The quantitative estimate of drug-likeness (QED) is 0.436. The zero-order valence-corrected chi connectivity index (χ0v) is 19.0. The molecule has 2 aromatic heterocycles. The van der Waals surface area contributed by atoms with Gasteiger partial charge in [-0.15, -0.1) is 0 Å². The number of rotatable bonds is 7. The zero-order chi connectivity index (χ0) is 23.7. The van der Waals surface area contributed by atoms with E-state index in [2.05, 4.69) is 10.1 Å². The van der Waals surface area contributed by atoms with Gasteiger partial charge in [0.15, 0.2) is 11.6 Å². The van der Waals surface area contributed by atoms with Gasteiger partial charge >= 0.3 is 0 Å². The standard InChI is InChI=1S/C26H25FN4O3/c1-30-14-21(12-29-30)19-6-3-17(4-7-19)13-31-15-20-9-10-28-25(24(20)26(31)32)34-23-11-18(16-33-2)5-8-22(23)27/h3-12,14,26,32H,13,15-16H2,1-2H3. The third kappa shape index (κ3) is 4.43. The lowest BCUT2D eigenvalue weighted by molar-refractivity contribution is 0.00638. The Hall–Kier alpha value is -3.59. The van der Waals surface area contributed by atoms with Crippen molar-refractivity contribution in [2.75, 3.05) is 7.11 Å². The minimum atomic E-state index is -0.915. The maximum absolute atomic E-state index is 14.4. The summed E-state index contributed by atoms with van der Waals surface area (Å²) in [5.41, 5.74) is 5.44. The van der Waals surface area contributed by atoms with Crippen molar-refractivity contribution in [1.29, 1.82) is 0 Å². The largest absolute Gasteiger partial charge is 0.435 e. The van der Waals surface area contributed by atoms with Crippen molar-refractivity contribution in [3.05, 3.63) is 95.2 Å². The van der Waals surface area contributed by atoms with E-state index in [4.69, 9.17) is 9.47 Å². The van der Waals surface area contributed by atoms with Crippen LogP contribution >= 0.6 is 0 Å². The highest BCUT2D eigenvalue weighted by Crippen LogP contribution is 2.40. The summed E-state index contributed by atoms with van der Waals surface area (Å²) in [6.07, 6.45) is 4.50. The third-order valence-electron chi connectivity index (χ3n) is 5.91. The summed E-state index contributed by atoms with van der Waals surface area (Å²) in [4.78, 5) is 6.21. The first-order chi connectivity index (χ1) is 16.5. The van der Waals surface area contributed by atoms with Crippen LogP contribution in [0.25, 0.3) is 11.1 Å². The van der Waals surface area contributed by atoms with E-state index in [0.717, 1.165) is 27.8 Å². The molecule has 5 rings (SSSR count). The van der Waals surface area contributed by atoms with Crippen LogP contribution in [0.2, 0.25) is 0 Å². The number of benzene rings is 2. The van der Waals surface area contributed by atoms with Crippen LogP contribution in [0.5, 0.6) is 11.6 Å². The van der Waals surface area contributed by atoms with Crippen LogP contribution in [-0.4, -0.2) is 31.9 Å². The fraction of sp³-hybridized carbons (Fsp3) is 0.231. The summed E-state index contributed by atoms with van der Waals surface area (Å²) in [6, 6.07) is 14.6. The number of methoxy groups -OCH3 is 1. The van der Waals surface area contributed by atoms with E-state index in [-0.39, 0.29) is 11.6 Å². The molecule has 7 nitrogen and oxygen atoms in total. The first kappa shape index (κ1) is 22.2. The van der Waals surface area contributed by atoms with Crippen molar-refractivity contribution in [2.24, 2.45) is 7.05 Å². The average Bonchev–Trinajstić information content (AvgIpc) is 3.40. The Morgan fingerprint density at radius 1 is 1.09 bits per heavy atom. The molecule has 4 aromatic rings. The molecule has 3 heterocycles. The summed E-state index contributed by atoms with van der Waals surface area (Å²) >= 11 is 0. The van der Waals surface area contributed by atoms with Gasteiger partial charge in [0.2, 0.25) is 5.88 Å². The monoisotopic (exact) mass is 460 g/mol. The molecule has 0 amide bonds. The number of aryl methyl sites for hydroxylation is 1. The lowest BCUT2D eigenvalue weighted by Crippen LogP contribution is -2.21. The molecule has 0 bridgehead atoms. The molecule has 8 heteroatoms. The predicted octanol–water partition coefficient (Wildman–Crippen LogP) is 4.57. The predicted molar refractivity (Wildman–Crippen MR) is 124 cm³/mol. The van der Waals surface area contributed by atoms with Gasteiger partial charge in [-0.05, 0) is 40.5 Å². The van der Waals surface area contributed by atoms with E-state index in [0.29, 0.717) is 25.3 Å². The van der Waals surface area contributed by atoms with Crippen LogP contribution in [0, 0.1) is 5.82 Å². The van der Waals surface area contributed by atoms with Crippen molar-refractivity contribution < 1.29 is 19.0 Å². The molecule has 0 fully saturated rings. The topological polar surface area (TPSA) is 72.6 Å². The maximum Gasteiger partial charge on any atom is 0.226 e. The smallest absolute Gasteiger partial charge is 0.226 e. The number of pyridine rings is 1. The molecule has 1 N–H and O–H groups in total. The highest BCUT2D eigenvalue weighted by atomic mass is 19.1. The molecule has 0 radical (unpaired) electrons. The lowest BCUT2D eigenvalue weighted by atomic mass is 10.1. The maximum atomic E-state index is 14.4. The molecule has 1 aliphatic rings. The van der Waals surface area contributed by atoms with Gasteiger partial charge in [-0.25, -0.2) is 9.37 Å². The number of hydrogen-bond acceptors (Lipinski definition) is 6. The van der Waals surface area contributed by atoms with Crippen LogP contribution in [0.3, 0.4) is 0 Å². The van der Waals surface area contributed by atoms with E-state index in [9.17, 15) is 9.50 Å². The Morgan fingerprint density at radius 2 is 1.88 bits per heavy atom. The second-order valence-corrected chi connectivity index (χ2v) is 8.37. The van der Waals surface area contributed by atoms with Gasteiger partial charge in [0.25, 0.3) is 0 Å². The minimum absolute atomic E-state index is 0.0482. The minimum Gasteiger partial charge on any atom is -0.435 e. The zero-order valence-electron chi connectivity index (χ0n) is 19.0. The van der Waals surface area contributed by atoms with Crippen molar-refractivity contribution in [2.45, 2.75) is 25.9 Å². The highest BCUT2D eigenvalue weighted by molar-refractivity contribution is 5.61. The highest BCUT2D eigenvalue weighted by Gasteiger charge is 2.33. The number of aromatic nitrogens is 3. The van der Waals surface area contributed by atoms with Crippen molar-refractivity contribution in [1.82, 2.24) is 19.7 Å². The van der Waals surface area contributed by atoms with Gasteiger partial charge < -0.3 is 14.6 Å². The van der Waals surface area contributed by atoms with Crippen LogP contribution < -0.4 is 4.74 Å². The molecule has 1 aliphatic heterocycles. The lowest BCUT2D eigenvalue weighted by Gasteiger charge is -2.21. The Balaban J connectivity index is 1.34. The molecular formula is C26H25FN4O3. The fourth-order valence-electron chi connectivity index (χ4n) is 4.21. The van der Waals surface area contributed by atoms with Gasteiger partial charge in [0, 0.05) is 45.2 Å². The Kier molecular flexibility index (Phi) is 6.10. The summed E-state index contributed by atoms with van der Waals surface area (Å²) in [5.74, 6) is -0.253. The van der Waals surface area contributed by atoms with Gasteiger partial charge in [0.05, 0.1) is 18.4 Å². The van der Waals surface area contributed by atoms with E-state index >= 15 is 0 Å². The van der Waals surface area contributed by atoms with Crippen LogP contribution in [0.4, 0.5) is 4.39 Å². The summed E-state index contributed by atoms with van der Waals surface area (Å²) in [7, 11) is 3.47. The van der Waals surface area contributed by atoms with Gasteiger partial charge in [-0.3, -0.25) is 9.58 Å². The Labute approximate surface area is 197 Å². The SMILES string of the molecule is COCc1ccc(F)c(Oc2nccc3c2C(O)N(Cc2ccc(-c4cnn(C)c4)cc2)C3)c1. The van der Waals surface area contributed by atoms with Gasteiger partial charge in [-0.1, -0.05) is 30.3 Å². The van der Waals surface area contributed by atoms with Crippen LogP contribution in [-0.2, 0) is 31.5 Å². The summed E-state index contributed by atoms with van der Waals surface area (Å²) in [5, 5.41) is 15.3. The average molecular weight is 461 g/mol. The van der Waals surface area contributed by atoms with E-state index in [1.807, 2.05) is 54.7 Å². The second-order valence-electron chi connectivity index (χ2n) is 8.37. The fourth-order valence-corrected chi connectivity index (χ4v) is 4.21. The summed E-state index contributed by atoms with van der Waals surface area (Å²) in [6.45, 7) is 1.42. The molecule has 2 aromatic carbocycles. The number of aliphatic hydroxyl groups excluding tert-OH is 1. The van der Waals surface area contributed by atoms with Gasteiger partial charge in [-0.2, -0.15) is 5.10 Å². The van der Waals surface area contributed by atoms with Crippen LogP contribution in [0.1, 0.15) is 28.5 Å². The molecule has 0 aliphatic carbocycles. The van der Waals surface area contributed by atoms with Crippen LogP contribution in [0.15, 0.2) is 67.1 Å². The van der Waals surface area contributed by atoms with E-state index < -0.39 is 12.0 Å². The third-order valence-corrected chi connectivity index (χ3v) is 5.91. The molecule has 1 unspecified atom stereocenters. The second kappa shape index (κ2) is 9.34. The number of hydrogen-bond donors (Lipinski definition) is 1. The van der Waals surface area contributed by atoms with E-state index in [1.165, 1.54) is 6.07 Å². The summed E-state index contributed by atoms with van der Waals surface area (Å²) < 4.78 is 27.1. The number of halogens is 1. The number of ether oxygens (including phenoxy) is 2. The molecule has 34 heavy (non-hydrogen) atoms. The van der Waals surface area contributed by atoms with E-state index in [1.54, 1.807) is 30.1 Å². The Morgan fingerprint density at radius 3 is 2.62 bits per heavy atom. The molecule has 1 atom stereocenters. The molecule has 174 valence electrons. The van der Waals surface area contributed by atoms with Crippen molar-refractivity contribution >= 4 is 0 Å². The van der Waals surface area contributed by atoms with Crippen molar-refractivity contribution in [3.8, 4) is 22.8 Å². The van der Waals surface area contributed by atoms with Gasteiger partial charge in [0.1, 0.15) is 6.23 Å². The Bertz CT molecular complexity index is 1310. The number of nitrogens with zero attached hydrogens (tertiary/aromatic N) is 4. The van der Waals surface area contributed by atoms with Crippen molar-refractivity contribution in [3.63, 3.8) is 0 Å². The molecule has 0 saturated heterocycles. The number of fused-ring (bicyclic) bond motifs is 1. The number of aliphatic hydroxyl groups is 1. The molecular weight excluding hydrogens is 435 g/mol. The first-order valence-electron chi connectivity index (χ1n) is 10.9.